The molecule has 6 nitrogen and oxygen atoms in total. The van der Waals surface area contributed by atoms with Crippen molar-refractivity contribution in [1.82, 2.24) is 9.55 Å². The van der Waals surface area contributed by atoms with E-state index in [0.29, 0.717) is 0 Å². The highest BCUT2D eigenvalue weighted by molar-refractivity contribution is 8.01. The number of nitrogen functional groups attached to an aromatic ring is 1. The van der Waals surface area contributed by atoms with Crippen LogP contribution in [-0.2, 0) is 0 Å². The first-order valence-corrected chi connectivity index (χ1v) is 6.32. The number of aliphatic hydroxyl groups is 2. The molecule has 1 saturated heterocycles. The van der Waals surface area contributed by atoms with Gasteiger partial charge in [0, 0.05) is 24.0 Å². The van der Waals surface area contributed by atoms with Gasteiger partial charge >= 0.3 is 5.69 Å². The second-order valence-corrected chi connectivity index (χ2v) is 5.53. The Balaban J connectivity index is 2.30. The molecule has 0 unspecified atom stereocenters. The van der Waals surface area contributed by atoms with E-state index < -0.39 is 5.69 Å². The Bertz CT molecular complexity index is 481. The molecule has 0 aliphatic carbocycles. The number of aliphatic hydroxyl groups excluding tert-OH is 2. The molecular weight excluding hydrogens is 266 g/mol. The summed E-state index contributed by atoms with van der Waals surface area (Å²) >= 11 is 7.21. The van der Waals surface area contributed by atoms with E-state index in [1.807, 2.05) is 0 Å². The maximum Gasteiger partial charge on any atom is 0.350 e. The fraction of sp³-hybridized carbons (Fsp3) is 0.556. The number of halogens is 1. The zero-order valence-electron chi connectivity index (χ0n) is 8.78. The van der Waals surface area contributed by atoms with Crippen molar-refractivity contribution in [3.05, 3.63) is 21.7 Å². The van der Waals surface area contributed by atoms with Gasteiger partial charge in [-0.3, -0.25) is 4.57 Å². The monoisotopic (exact) mass is 277 g/mol. The summed E-state index contributed by atoms with van der Waals surface area (Å²) in [6, 6.07) is 0. The third kappa shape index (κ3) is 2.15. The molecule has 1 aromatic rings. The van der Waals surface area contributed by atoms with Gasteiger partial charge in [0.25, 0.3) is 0 Å². The van der Waals surface area contributed by atoms with Gasteiger partial charge in [-0.2, -0.15) is 4.98 Å². The molecule has 2 heterocycles. The van der Waals surface area contributed by atoms with Crippen molar-refractivity contribution >= 4 is 29.2 Å². The molecule has 2 rings (SSSR count). The minimum Gasteiger partial charge on any atom is -0.396 e. The van der Waals surface area contributed by atoms with Crippen LogP contribution in [0.1, 0.15) is 5.37 Å². The third-order valence-electron chi connectivity index (χ3n) is 2.76. The summed E-state index contributed by atoms with van der Waals surface area (Å²) in [6.45, 7) is -0.130. The molecule has 0 radical (unpaired) electrons. The second-order valence-electron chi connectivity index (χ2n) is 3.76. The van der Waals surface area contributed by atoms with Gasteiger partial charge in [-0.1, -0.05) is 11.6 Å². The van der Waals surface area contributed by atoms with E-state index in [1.165, 1.54) is 22.5 Å². The first-order valence-electron chi connectivity index (χ1n) is 4.99. The predicted octanol–water partition coefficient (Wildman–Crippen LogP) is -0.306. The standard InChI is InChI=1S/C9H12ClN3O3S/c10-5-1-13(9(16)12-7(5)11)8-4(2-14)6(3-15)17-8/h1,4,6,8,14-15H,2-3H2,(H2,11,12,16)/t4-,6-,8-/m1/s1. The number of hydrogen-bond donors (Lipinski definition) is 3. The smallest absolute Gasteiger partial charge is 0.350 e. The summed E-state index contributed by atoms with van der Waals surface area (Å²) < 4.78 is 1.34. The number of aromatic nitrogens is 2. The lowest BCUT2D eigenvalue weighted by atomic mass is 10.0. The van der Waals surface area contributed by atoms with Gasteiger partial charge in [-0.15, -0.1) is 11.8 Å². The Morgan fingerprint density at radius 1 is 1.53 bits per heavy atom. The van der Waals surface area contributed by atoms with Gasteiger partial charge in [0.2, 0.25) is 0 Å². The molecule has 0 amide bonds. The van der Waals surface area contributed by atoms with Crippen LogP contribution >= 0.6 is 23.4 Å². The maximum atomic E-state index is 11.6. The molecule has 1 aliphatic heterocycles. The number of hydrogen-bond acceptors (Lipinski definition) is 6. The molecular formula is C9H12ClN3O3S. The van der Waals surface area contributed by atoms with Crippen molar-refractivity contribution < 1.29 is 10.2 Å². The highest BCUT2D eigenvalue weighted by Crippen LogP contribution is 2.49. The molecule has 1 aromatic heterocycles. The fourth-order valence-electron chi connectivity index (χ4n) is 1.77. The SMILES string of the molecule is Nc1nc(=O)n([C@@H]2S[C@H](CO)[C@H]2CO)cc1Cl. The molecule has 8 heteroatoms. The molecule has 4 N–H and O–H groups in total. The molecule has 1 fully saturated rings. The van der Waals surface area contributed by atoms with Gasteiger partial charge in [0.05, 0.1) is 17.0 Å². The summed E-state index contributed by atoms with van der Waals surface area (Å²) in [5, 5.41) is 18.1. The molecule has 0 spiro atoms. The average Bonchev–Trinajstić information content (AvgIpc) is 2.25. The van der Waals surface area contributed by atoms with Crippen LogP contribution in [0.15, 0.2) is 11.0 Å². The minimum atomic E-state index is -0.501. The topological polar surface area (TPSA) is 101 Å². The Hall–Kier alpha value is -0.760. The Labute approximate surface area is 106 Å². The quantitative estimate of drug-likeness (QED) is 0.701. The van der Waals surface area contributed by atoms with E-state index in [-0.39, 0.29) is 40.6 Å². The summed E-state index contributed by atoms with van der Waals surface area (Å²) in [7, 11) is 0. The molecule has 0 bridgehead atoms. The minimum absolute atomic E-state index is 0.00324. The van der Waals surface area contributed by atoms with Gasteiger partial charge in [0.1, 0.15) is 5.82 Å². The summed E-state index contributed by atoms with van der Waals surface area (Å²) in [5.41, 5.74) is 4.92. The lowest BCUT2D eigenvalue weighted by molar-refractivity contribution is 0.155. The number of thioether (sulfide) groups is 1. The Kier molecular flexibility index (Phi) is 3.62. The molecule has 0 saturated carbocycles. The van der Waals surface area contributed by atoms with Crippen molar-refractivity contribution in [1.29, 1.82) is 0 Å². The van der Waals surface area contributed by atoms with Gasteiger partial charge in [0.15, 0.2) is 0 Å². The normalized spacial score (nSPS) is 27.8. The molecule has 17 heavy (non-hydrogen) atoms. The van der Waals surface area contributed by atoms with Crippen LogP contribution in [0, 0.1) is 5.92 Å². The van der Waals surface area contributed by atoms with Gasteiger partial charge < -0.3 is 15.9 Å². The van der Waals surface area contributed by atoms with Crippen LogP contribution in [0.5, 0.6) is 0 Å². The summed E-state index contributed by atoms with van der Waals surface area (Å²) in [5.74, 6) is -0.180. The first kappa shape index (κ1) is 12.7. The predicted molar refractivity (Wildman–Crippen MR) is 66.0 cm³/mol. The van der Waals surface area contributed by atoms with Crippen LogP contribution in [0.25, 0.3) is 0 Å². The van der Waals surface area contributed by atoms with Gasteiger partial charge in [-0.25, -0.2) is 4.79 Å². The van der Waals surface area contributed by atoms with Crippen molar-refractivity contribution in [2.45, 2.75) is 10.6 Å². The fourth-order valence-corrected chi connectivity index (χ4v) is 3.29. The van der Waals surface area contributed by atoms with E-state index >= 15 is 0 Å². The Morgan fingerprint density at radius 3 is 2.82 bits per heavy atom. The highest BCUT2D eigenvalue weighted by atomic mass is 35.5. The van der Waals surface area contributed by atoms with E-state index in [1.54, 1.807) is 0 Å². The lowest BCUT2D eigenvalue weighted by Crippen LogP contribution is -2.45. The summed E-state index contributed by atoms with van der Waals surface area (Å²) in [6.07, 6.45) is 1.42. The maximum absolute atomic E-state index is 11.6. The van der Waals surface area contributed by atoms with Crippen molar-refractivity contribution in [3.8, 4) is 0 Å². The zero-order chi connectivity index (χ0) is 12.6. The summed E-state index contributed by atoms with van der Waals surface area (Å²) in [4.78, 5) is 15.2. The highest BCUT2D eigenvalue weighted by Gasteiger charge is 2.42. The lowest BCUT2D eigenvalue weighted by Gasteiger charge is -2.42. The van der Waals surface area contributed by atoms with E-state index in [2.05, 4.69) is 4.98 Å². The third-order valence-corrected chi connectivity index (χ3v) is 4.75. The van der Waals surface area contributed by atoms with Crippen LogP contribution in [0.4, 0.5) is 5.82 Å². The number of nitrogens with two attached hydrogens (primary N) is 1. The van der Waals surface area contributed by atoms with Crippen LogP contribution in [0.3, 0.4) is 0 Å². The molecule has 1 aliphatic rings. The first-order chi connectivity index (χ1) is 8.08. The molecule has 0 aromatic carbocycles. The number of anilines is 1. The van der Waals surface area contributed by atoms with Crippen molar-refractivity contribution in [2.24, 2.45) is 5.92 Å². The second kappa shape index (κ2) is 4.85. The van der Waals surface area contributed by atoms with Crippen LogP contribution in [-0.4, -0.2) is 38.2 Å². The Morgan fingerprint density at radius 2 is 2.24 bits per heavy atom. The van der Waals surface area contributed by atoms with E-state index in [0.717, 1.165) is 0 Å². The van der Waals surface area contributed by atoms with Crippen molar-refractivity contribution in [2.75, 3.05) is 18.9 Å². The van der Waals surface area contributed by atoms with Crippen molar-refractivity contribution in [3.63, 3.8) is 0 Å². The van der Waals surface area contributed by atoms with E-state index in [9.17, 15) is 9.90 Å². The van der Waals surface area contributed by atoms with Crippen LogP contribution in [0.2, 0.25) is 5.02 Å². The van der Waals surface area contributed by atoms with Crippen LogP contribution < -0.4 is 11.4 Å². The molecule has 94 valence electrons. The average molecular weight is 278 g/mol. The van der Waals surface area contributed by atoms with E-state index in [4.69, 9.17) is 22.4 Å². The number of rotatable bonds is 3. The molecule has 3 atom stereocenters. The number of nitrogens with zero attached hydrogens (tertiary/aromatic N) is 2. The largest absolute Gasteiger partial charge is 0.396 e. The van der Waals surface area contributed by atoms with Gasteiger partial charge in [-0.05, 0) is 0 Å². The zero-order valence-corrected chi connectivity index (χ0v) is 10.4.